The third-order valence-corrected chi connectivity index (χ3v) is 2.42. The van der Waals surface area contributed by atoms with E-state index in [-0.39, 0.29) is 5.91 Å². The van der Waals surface area contributed by atoms with Gasteiger partial charge in [0.1, 0.15) is 5.15 Å². The van der Waals surface area contributed by atoms with Gasteiger partial charge in [-0.25, -0.2) is 4.98 Å². The summed E-state index contributed by atoms with van der Waals surface area (Å²) in [5, 5.41) is 3.16. The first-order valence-corrected chi connectivity index (χ1v) is 5.42. The molecule has 0 saturated heterocycles. The average molecular weight is 248 g/mol. The lowest BCUT2D eigenvalue weighted by molar-refractivity contribution is 0.0950. The molecule has 0 saturated carbocycles. The highest BCUT2D eigenvalue weighted by Crippen LogP contribution is 2.05. The highest BCUT2D eigenvalue weighted by Gasteiger charge is 2.05. The minimum absolute atomic E-state index is 0.175. The SMILES string of the molecule is O=C(NCc1ccncc1)c1ccc(Cl)nc1. The first-order chi connectivity index (χ1) is 8.25. The predicted molar refractivity (Wildman–Crippen MR) is 64.7 cm³/mol. The van der Waals surface area contributed by atoms with Crippen LogP contribution in [0.2, 0.25) is 5.15 Å². The smallest absolute Gasteiger partial charge is 0.253 e. The standard InChI is InChI=1S/C12H10ClN3O/c13-11-2-1-10(8-15-11)12(17)16-7-9-3-5-14-6-4-9/h1-6,8H,7H2,(H,16,17). The molecule has 1 amide bonds. The molecule has 0 aliphatic heterocycles. The molecule has 0 unspecified atom stereocenters. The molecule has 2 rings (SSSR count). The summed E-state index contributed by atoms with van der Waals surface area (Å²) in [5.41, 5.74) is 1.48. The number of hydrogen-bond acceptors (Lipinski definition) is 3. The molecule has 0 radical (unpaired) electrons. The van der Waals surface area contributed by atoms with Crippen molar-refractivity contribution >= 4 is 17.5 Å². The van der Waals surface area contributed by atoms with Gasteiger partial charge in [-0.1, -0.05) is 11.6 Å². The second kappa shape index (κ2) is 5.41. The molecule has 4 nitrogen and oxygen atoms in total. The van der Waals surface area contributed by atoms with Crippen LogP contribution in [0.25, 0.3) is 0 Å². The molecule has 0 aliphatic rings. The van der Waals surface area contributed by atoms with E-state index < -0.39 is 0 Å². The largest absolute Gasteiger partial charge is 0.348 e. The lowest BCUT2D eigenvalue weighted by Gasteiger charge is -2.04. The van der Waals surface area contributed by atoms with Crippen LogP contribution in [0.3, 0.4) is 0 Å². The molecule has 0 aliphatic carbocycles. The first kappa shape index (κ1) is 11.5. The van der Waals surface area contributed by atoms with E-state index in [4.69, 9.17) is 11.6 Å². The van der Waals surface area contributed by atoms with E-state index in [1.165, 1.54) is 6.20 Å². The van der Waals surface area contributed by atoms with Crippen LogP contribution in [0.4, 0.5) is 0 Å². The molecule has 0 atom stereocenters. The summed E-state index contributed by atoms with van der Waals surface area (Å²) < 4.78 is 0. The molecule has 17 heavy (non-hydrogen) atoms. The number of rotatable bonds is 3. The Hall–Kier alpha value is -1.94. The van der Waals surface area contributed by atoms with Crippen LogP contribution in [0.5, 0.6) is 0 Å². The molecule has 0 spiro atoms. The van der Waals surface area contributed by atoms with Gasteiger partial charge in [-0.15, -0.1) is 0 Å². The Morgan fingerprint density at radius 1 is 1.24 bits per heavy atom. The number of nitrogens with one attached hydrogen (secondary N) is 1. The molecular weight excluding hydrogens is 238 g/mol. The van der Waals surface area contributed by atoms with E-state index >= 15 is 0 Å². The summed E-state index contributed by atoms with van der Waals surface area (Å²) in [5.74, 6) is -0.175. The topological polar surface area (TPSA) is 54.9 Å². The summed E-state index contributed by atoms with van der Waals surface area (Å²) in [6.45, 7) is 0.462. The van der Waals surface area contributed by atoms with E-state index in [1.54, 1.807) is 24.5 Å². The van der Waals surface area contributed by atoms with Crippen molar-refractivity contribution in [3.63, 3.8) is 0 Å². The maximum Gasteiger partial charge on any atom is 0.253 e. The van der Waals surface area contributed by atoms with Crippen LogP contribution in [0.1, 0.15) is 15.9 Å². The molecule has 0 bridgehead atoms. The van der Waals surface area contributed by atoms with Gasteiger partial charge in [0.15, 0.2) is 0 Å². The van der Waals surface area contributed by atoms with E-state index in [2.05, 4.69) is 15.3 Å². The van der Waals surface area contributed by atoms with Gasteiger partial charge >= 0.3 is 0 Å². The Morgan fingerprint density at radius 3 is 2.65 bits per heavy atom. The van der Waals surface area contributed by atoms with Gasteiger partial charge in [0, 0.05) is 25.1 Å². The van der Waals surface area contributed by atoms with Crippen molar-refractivity contribution < 1.29 is 4.79 Å². The van der Waals surface area contributed by atoms with E-state index in [0.29, 0.717) is 17.3 Å². The summed E-state index contributed by atoms with van der Waals surface area (Å²) in [6.07, 6.45) is 4.82. The molecule has 2 aromatic rings. The lowest BCUT2D eigenvalue weighted by Crippen LogP contribution is -2.22. The highest BCUT2D eigenvalue weighted by atomic mass is 35.5. The molecule has 86 valence electrons. The number of carbonyl (C=O) groups excluding carboxylic acids is 1. The number of amides is 1. The third-order valence-electron chi connectivity index (χ3n) is 2.19. The van der Waals surface area contributed by atoms with Crippen molar-refractivity contribution in [1.82, 2.24) is 15.3 Å². The van der Waals surface area contributed by atoms with Crippen LogP contribution >= 0.6 is 11.6 Å². The zero-order chi connectivity index (χ0) is 12.1. The molecule has 5 heteroatoms. The first-order valence-electron chi connectivity index (χ1n) is 5.04. The van der Waals surface area contributed by atoms with E-state index in [1.807, 2.05) is 12.1 Å². The number of pyridine rings is 2. The Kier molecular flexibility index (Phi) is 3.67. The Morgan fingerprint density at radius 2 is 2.00 bits per heavy atom. The van der Waals surface area contributed by atoms with Gasteiger partial charge in [0.05, 0.1) is 5.56 Å². The fourth-order valence-electron chi connectivity index (χ4n) is 1.30. The minimum Gasteiger partial charge on any atom is -0.348 e. The van der Waals surface area contributed by atoms with E-state index in [0.717, 1.165) is 5.56 Å². The maximum atomic E-state index is 11.7. The normalized spacial score (nSPS) is 9.94. The molecular formula is C12H10ClN3O. The molecule has 0 fully saturated rings. The fraction of sp³-hybridized carbons (Fsp3) is 0.0833. The van der Waals surface area contributed by atoms with Crippen molar-refractivity contribution in [1.29, 1.82) is 0 Å². The van der Waals surface area contributed by atoms with Crippen LogP contribution in [-0.4, -0.2) is 15.9 Å². The Balaban J connectivity index is 1.96. The van der Waals surface area contributed by atoms with Crippen molar-refractivity contribution in [2.45, 2.75) is 6.54 Å². The van der Waals surface area contributed by atoms with Crippen LogP contribution < -0.4 is 5.32 Å². The average Bonchev–Trinajstić information content (AvgIpc) is 2.38. The molecule has 0 aromatic carbocycles. The highest BCUT2D eigenvalue weighted by molar-refractivity contribution is 6.29. The summed E-state index contributed by atoms with van der Waals surface area (Å²) in [4.78, 5) is 19.5. The number of halogens is 1. The zero-order valence-electron chi connectivity index (χ0n) is 8.93. The van der Waals surface area contributed by atoms with E-state index in [9.17, 15) is 4.79 Å². The zero-order valence-corrected chi connectivity index (χ0v) is 9.69. The maximum absolute atomic E-state index is 11.7. The molecule has 1 N–H and O–H groups in total. The van der Waals surface area contributed by atoms with Crippen LogP contribution in [-0.2, 0) is 6.54 Å². The van der Waals surface area contributed by atoms with Crippen molar-refractivity contribution in [2.24, 2.45) is 0 Å². The quantitative estimate of drug-likeness (QED) is 0.845. The van der Waals surface area contributed by atoms with Crippen molar-refractivity contribution in [3.05, 3.63) is 59.1 Å². The van der Waals surface area contributed by atoms with Gasteiger partial charge in [-0.3, -0.25) is 9.78 Å². The van der Waals surface area contributed by atoms with Crippen LogP contribution in [0.15, 0.2) is 42.9 Å². The third kappa shape index (κ3) is 3.26. The number of nitrogens with zero attached hydrogens (tertiary/aromatic N) is 2. The van der Waals surface area contributed by atoms with Crippen LogP contribution in [0, 0.1) is 0 Å². The summed E-state index contributed by atoms with van der Waals surface area (Å²) in [6, 6.07) is 6.92. The second-order valence-electron chi connectivity index (χ2n) is 3.41. The Labute approximate surface area is 104 Å². The Bertz CT molecular complexity index is 499. The van der Waals surface area contributed by atoms with Gasteiger partial charge in [-0.2, -0.15) is 0 Å². The van der Waals surface area contributed by atoms with Gasteiger partial charge < -0.3 is 5.32 Å². The van der Waals surface area contributed by atoms with Crippen molar-refractivity contribution in [2.75, 3.05) is 0 Å². The lowest BCUT2D eigenvalue weighted by atomic mass is 10.2. The second-order valence-corrected chi connectivity index (χ2v) is 3.79. The summed E-state index contributed by atoms with van der Waals surface area (Å²) in [7, 11) is 0. The summed E-state index contributed by atoms with van der Waals surface area (Å²) >= 11 is 5.64. The minimum atomic E-state index is -0.175. The number of carbonyl (C=O) groups is 1. The molecule has 2 heterocycles. The number of hydrogen-bond donors (Lipinski definition) is 1. The number of aromatic nitrogens is 2. The molecule has 2 aromatic heterocycles. The van der Waals surface area contributed by atoms with Crippen molar-refractivity contribution in [3.8, 4) is 0 Å². The van der Waals surface area contributed by atoms with Gasteiger partial charge in [0.25, 0.3) is 5.91 Å². The fourth-order valence-corrected chi connectivity index (χ4v) is 1.41. The predicted octanol–water partition coefficient (Wildman–Crippen LogP) is 2.06. The van der Waals surface area contributed by atoms with Gasteiger partial charge in [0.2, 0.25) is 0 Å². The van der Waals surface area contributed by atoms with Gasteiger partial charge in [-0.05, 0) is 29.8 Å². The monoisotopic (exact) mass is 247 g/mol.